The summed E-state index contributed by atoms with van der Waals surface area (Å²) in [4.78, 5) is 24.4. The molecule has 0 aromatic heterocycles. The van der Waals surface area contributed by atoms with Crippen LogP contribution in [0.2, 0.25) is 0 Å². The van der Waals surface area contributed by atoms with Gasteiger partial charge in [0.05, 0.1) is 44.1 Å². The van der Waals surface area contributed by atoms with Crippen molar-refractivity contribution < 1.29 is 33.7 Å². The van der Waals surface area contributed by atoms with Gasteiger partial charge in [-0.15, -0.1) is 0 Å². The van der Waals surface area contributed by atoms with E-state index in [1.165, 1.54) is 11.1 Å². The Balaban J connectivity index is 1.86. The summed E-state index contributed by atoms with van der Waals surface area (Å²) in [5, 5.41) is 18.6. The summed E-state index contributed by atoms with van der Waals surface area (Å²) >= 11 is 0. The fraction of sp³-hybridized carbons (Fsp3) is 0.667. The first-order valence-corrected chi connectivity index (χ1v) is 13.6. The molecule has 1 fully saturated rings. The molecule has 0 aliphatic heterocycles. The molecular formula is C30H45FO6. The minimum Gasteiger partial charge on any atom is -0.465 e. The molecule has 1 saturated carbocycles. The van der Waals surface area contributed by atoms with Crippen LogP contribution in [0.5, 0.6) is 0 Å². The van der Waals surface area contributed by atoms with Crippen molar-refractivity contribution in [2.75, 3.05) is 33.1 Å². The average Bonchev–Trinajstić information content (AvgIpc) is 2.92. The Morgan fingerprint density at radius 3 is 2.16 bits per heavy atom. The fourth-order valence-electron chi connectivity index (χ4n) is 4.73. The van der Waals surface area contributed by atoms with E-state index >= 15 is 0 Å². The Kier molecular flexibility index (Phi) is 13.3. The zero-order valence-electron chi connectivity index (χ0n) is 22.6. The Bertz CT molecular complexity index is 842. The number of benzene rings is 1. The lowest BCUT2D eigenvalue weighted by molar-refractivity contribution is -0.159. The predicted octanol–water partition coefficient (Wildman–Crippen LogP) is 4.99. The number of hydrogen-bond acceptors (Lipinski definition) is 6. The van der Waals surface area contributed by atoms with Gasteiger partial charge in [-0.1, -0.05) is 43.7 Å². The third-order valence-electron chi connectivity index (χ3n) is 7.56. The molecule has 0 amide bonds. The molecule has 2 N–H and O–H groups in total. The Morgan fingerprint density at radius 2 is 1.59 bits per heavy atom. The zero-order valence-corrected chi connectivity index (χ0v) is 22.6. The Hall–Kier alpha value is -2.25. The molecule has 1 unspecified atom stereocenters. The smallest absolute Gasteiger partial charge is 0.335 e. The summed E-state index contributed by atoms with van der Waals surface area (Å²) in [6.45, 7) is 5.95. The van der Waals surface area contributed by atoms with Gasteiger partial charge in [0.25, 0.3) is 0 Å². The maximum Gasteiger partial charge on any atom is 0.335 e. The van der Waals surface area contributed by atoms with E-state index in [0.717, 1.165) is 51.4 Å². The molecule has 7 heteroatoms. The lowest BCUT2D eigenvalue weighted by Crippen LogP contribution is -2.35. The topological polar surface area (TPSA) is 93.1 Å². The van der Waals surface area contributed by atoms with Crippen LogP contribution in [-0.2, 0) is 31.9 Å². The third kappa shape index (κ3) is 10.6. The molecule has 0 heterocycles. The van der Waals surface area contributed by atoms with Crippen molar-refractivity contribution in [2.24, 2.45) is 23.2 Å². The minimum absolute atomic E-state index is 0.00587. The van der Waals surface area contributed by atoms with Crippen molar-refractivity contribution >= 4 is 11.9 Å². The predicted molar refractivity (Wildman–Crippen MR) is 142 cm³/mol. The van der Waals surface area contributed by atoms with E-state index in [1.807, 2.05) is 0 Å². The highest BCUT2D eigenvalue weighted by molar-refractivity contribution is 5.87. The number of ether oxygens (including phenoxy) is 2. The van der Waals surface area contributed by atoms with Gasteiger partial charge in [0, 0.05) is 5.92 Å². The monoisotopic (exact) mass is 520 g/mol. The van der Waals surface area contributed by atoms with Crippen LogP contribution in [-0.4, -0.2) is 55.3 Å². The highest BCUT2D eigenvalue weighted by atomic mass is 19.1. The maximum atomic E-state index is 12.4. The molecule has 1 aromatic rings. The fourth-order valence-corrected chi connectivity index (χ4v) is 4.73. The van der Waals surface area contributed by atoms with Gasteiger partial charge in [0.15, 0.2) is 0 Å². The van der Waals surface area contributed by atoms with Gasteiger partial charge in [0.1, 0.15) is 0 Å². The lowest BCUT2D eigenvalue weighted by Gasteiger charge is -2.34. The second-order valence-corrected chi connectivity index (χ2v) is 11.0. The van der Waals surface area contributed by atoms with Gasteiger partial charge in [-0.2, -0.15) is 0 Å². The number of rotatable bonds is 16. The number of unbranched alkanes of at least 4 members (excludes halogenated alkanes) is 1. The van der Waals surface area contributed by atoms with E-state index < -0.39 is 24.0 Å². The Labute approximate surface area is 221 Å². The first-order valence-electron chi connectivity index (χ1n) is 13.6. The van der Waals surface area contributed by atoms with Crippen molar-refractivity contribution in [3.63, 3.8) is 0 Å². The highest BCUT2D eigenvalue weighted by Crippen LogP contribution is 2.36. The second kappa shape index (κ2) is 15.9. The molecule has 1 aromatic carbocycles. The molecule has 6 nitrogen and oxygen atoms in total. The van der Waals surface area contributed by atoms with Crippen LogP contribution < -0.4 is 0 Å². The zero-order chi connectivity index (χ0) is 27.3. The van der Waals surface area contributed by atoms with E-state index in [1.54, 1.807) is 13.8 Å². The second-order valence-electron chi connectivity index (χ2n) is 11.0. The molecule has 1 aliphatic carbocycles. The van der Waals surface area contributed by atoms with Crippen LogP contribution in [0.15, 0.2) is 36.4 Å². The molecule has 1 atom stereocenters. The SMILES string of the molecule is C=C(CO)C(=O)OCC(COC(=O)C(C)(C)CO)C1CCC(CCc2ccc(CCCCF)cc2)CC1. The van der Waals surface area contributed by atoms with Gasteiger partial charge >= 0.3 is 11.9 Å². The van der Waals surface area contributed by atoms with Crippen molar-refractivity contribution in [3.8, 4) is 0 Å². The summed E-state index contributed by atoms with van der Waals surface area (Å²) in [5.41, 5.74) is 1.59. The van der Waals surface area contributed by atoms with Crippen molar-refractivity contribution in [1.29, 1.82) is 0 Å². The standard InChI is InChI=1S/C30H45FO6/c1-22(18-32)28(34)36-19-27(20-37-29(35)30(2,3)21-33)26-15-13-25(14-16-26)12-11-24-9-7-23(8-10-24)6-4-5-17-31/h7-10,25-27,32-33H,1,4-6,11-21H2,2-3H3. The largest absolute Gasteiger partial charge is 0.465 e. The van der Waals surface area contributed by atoms with Crippen LogP contribution in [0.3, 0.4) is 0 Å². The quantitative estimate of drug-likeness (QED) is 0.181. The summed E-state index contributed by atoms with van der Waals surface area (Å²) < 4.78 is 23.2. The van der Waals surface area contributed by atoms with E-state index in [2.05, 4.69) is 30.8 Å². The third-order valence-corrected chi connectivity index (χ3v) is 7.56. The number of esters is 2. The molecule has 2 rings (SSSR count). The van der Waals surface area contributed by atoms with Gasteiger partial charge in [-0.3, -0.25) is 9.18 Å². The number of carbonyl (C=O) groups is 2. The molecule has 0 spiro atoms. The van der Waals surface area contributed by atoms with Crippen molar-refractivity contribution in [1.82, 2.24) is 0 Å². The van der Waals surface area contributed by atoms with Crippen molar-refractivity contribution in [2.45, 2.75) is 71.6 Å². The highest BCUT2D eigenvalue weighted by Gasteiger charge is 2.33. The van der Waals surface area contributed by atoms with Gasteiger partial charge < -0.3 is 19.7 Å². The number of halogens is 1. The maximum absolute atomic E-state index is 12.4. The number of aliphatic hydroxyl groups is 2. The molecule has 0 bridgehead atoms. The minimum atomic E-state index is -0.989. The van der Waals surface area contributed by atoms with E-state index in [9.17, 15) is 19.1 Å². The lowest BCUT2D eigenvalue weighted by atomic mass is 9.74. The molecule has 0 radical (unpaired) electrons. The summed E-state index contributed by atoms with van der Waals surface area (Å²) in [5.74, 6) is -0.404. The summed E-state index contributed by atoms with van der Waals surface area (Å²) in [6.07, 6.45) is 8.62. The van der Waals surface area contributed by atoms with E-state index in [0.29, 0.717) is 12.3 Å². The average molecular weight is 521 g/mol. The van der Waals surface area contributed by atoms with E-state index in [4.69, 9.17) is 14.6 Å². The molecule has 37 heavy (non-hydrogen) atoms. The number of carbonyl (C=O) groups excluding carboxylic acids is 2. The van der Waals surface area contributed by atoms with Gasteiger partial charge in [-0.25, -0.2) is 4.79 Å². The number of hydrogen-bond donors (Lipinski definition) is 2. The van der Waals surface area contributed by atoms with Crippen LogP contribution in [0.4, 0.5) is 4.39 Å². The first kappa shape index (κ1) is 31.0. The molecule has 1 aliphatic rings. The number of alkyl halides is 1. The van der Waals surface area contributed by atoms with Gasteiger partial charge in [0.2, 0.25) is 0 Å². The van der Waals surface area contributed by atoms with Crippen LogP contribution in [0, 0.1) is 23.2 Å². The van der Waals surface area contributed by atoms with E-state index in [-0.39, 0.29) is 43.9 Å². The molecule has 0 saturated heterocycles. The van der Waals surface area contributed by atoms with Gasteiger partial charge in [-0.05, 0) is 81.8 Å². The first-order chi connectivity index (χ1) is 17.7. The summed E-state index contributed by atoms with van der Waals surface area (Å²) in [6, 6.07) is 8.68. The molecule has 208 valence electrons. The summed E-state index contributed by atoms with van der Waals surface area (Å²) in [7, 11) is 0. The van der Waals surface area contributed by atoms with Crippen LogP contribution >= 0.6 is 0 Å². The van der Waals surface area contributed by atoms with Crippen LogP contribution in [0.1, 0.15) is 69.9 Å². The number of aliphatic hydroxyl groups excluding tert-OH is 2. The van der Waals surface area contributed by atoms with Crippen molar-refractivity contribution in [3.05, 3.63) is 47.5 Å². The normalized spacial score (nSPS) is 18.7. The van der Waals surface area contributed by atoms with Crippen LogP contribution in [0.25, 0.3) is 0 Å². The Morgan fingerprint density at radius 1 is 1.00 bits per heavy atom. The number of aryl methyl sites for hydroxylation is 2. The molecular weight excluding hydrogens is 475 g/mol.